The molecule has 0 spiro atoms. The molecule has 18 nitrogen and oxygen atoms in total. The van der Waals surface area contributed by atoms with Crippen LogP contribution in [-0.2, 0) is 9.47 Å². The zero-order valence-corrected chi connectivity index (χ0v) is 120. The number of nitrogens with one attached hydrogen (secondary N) is 1. The predicted molar refractivity (Wildman–Crippen MR) is 666 cm³/mol. The van der Waals surface area contributed by atoms with E-state index in [0.29, 0.717) is 104 Å². The van der Waals surface area contributed by atoms with Gasteiger partial charge in [-0.2, -0.15) is 4.98 Å². The van der Waals surface area contributed by atoms with Crippen LogP contribution >= 0.6 is 484 Å². The van der Waals surface area contributed by atoms with Crippen LogP contribution in [0.2, 0.25) is 25.8 Å². The zero-order chi connectivity index (χ0) is 76.0. The molecule has 0 bridgehead atoms. The van der Waals surface area contributed by atoms with E-state index in [-0.39, 0.29) is 119 Å². The van der Waals surface area contributed by atoms with Crippen molar-refractivity contribution in [3.05, 3.63) is 115 Å². The van der Waals surface area contributed by atoms with E-state index in [4.69, 9.17) is 96.6 Å². The number of carboxylic acid groups (broad SMARTS) is 2. The second kappa shape index (κ2) is 82.8. The molecular formula is C46H57Cl6I30N7O11-2. The standard InChI is InChI=1S/C13H18N2O4.C8H8ClNO3.C8H8ClNO2.C7H8ClNO.C5H3Cl2N.C5H11NO.ClH.I9.I8.I7.I6/c1-2-19-12-10(13(16)17)4-5-11(14-12)15-6-3-8-18-9-7-15;1-2-13-7-5(8(11)12)3-4-6(9)10-7;1-2-12-8-6(5-11)3-4-7(9)10-8;1-2-10-7-5-3-4-6(8)9-7;6-4-2-1-3-5(7)8-4;1-2-6-3-5-7-4-1;;1-6-8(4)9(5)7(2)3;1-6(2)8(5)7(3)4;1-5-7(4)6(2)3;1-5(2)6(3)4/h4-5H,2-3,6-9H2,1H3,(H,16,17);3-4H,2H2,1H3,(H,11,12);3-5H,2H2,1H3;3-5H,2H2,1H3;1-3H;6H,1-5H2;1H;;;;/q;;;;;;;-1;;-1;. The molecule has 2 fully saturated rings. The van der Waals surface area contributed by atoms with Gasteiger partial charge in [0.05, 0.1) is 45.2 Å². The van der Waals surface area contributed by atoms with Gasteiger partial charge in [0, 0.05) is 38.9 Å². The Morgan fingerprint density at radius 1 is 0.500 bits per heavy atom. The second-order valence-electron chi connectivity index (χ2n) is 15.0. The van der Waals surface area contributed by atoms with Crippen molar-refractivity contribution in [3.63, 3.8) is 0 Å². The van der Waals surface area contributed by atoms with E-state index in [1.54, 1.807) is 74.5 Å². The van der Waals surface area contributed by atoms with Crippen molar-refractivity contribution < 1.29 is 79.5 Å². The van der Waals surface area contributed by atoms with Crippen molar-refractivity contribution in [3.8, 4) is 23.5 Å². The Balaban J connectivity index is -0.000000522. The number of rotatable bonds is 20. The van der Waals surface area contributed by atoms with Gasteiger partial charge in [0.15, 0.2) is 6.29 Å². The number of pyridine rings is 5. The van der Waals surface area contributed by atoms with Gasteiger partial charge < -0.3 is 48.9 Å². The number of aromatic nitrogens is 5. The SMILES string of the molecule is C1CNCCOC1.CCOc1cccc(Cl)n1.CCOc1nc(Cl)ccc1C(=O)O.CCOc1nc(Cl)ccc1C=O.CCOc1nc(N2CCCOCC2)ccc1C(=O)O.Cl.Clc1cccc(Cl)n1.II(I)I(I)I.II(I)I(I)I(I)I.I[I-]I(I)I(I)I.I[I-]I(I)I(I)I(I)I. The summed E-state index contributed by atoms with van der Waals surface area (Å²) in [5.41, 5.74) is 0.532. The third kappa shape index (κ3) is 70.0. The first kappa shape index (κ1) is 123. The van der Waals surface area contributed by atoms with Crippen LogP contribution < -0.4 is 55.7 Å². The van der Waals surface area contributed by atoms with E-state index >= 15 is 0 Å². The minimum atomic E-state index is -1.08. The van der Waals surface area contributed by atoms with Gasteiger partial charge in [0.1, 0.15) is 42.7 Å². The fourth-order valence-corrected chi connectivity index (χ4v) is 1260. The van der Waals surface area contributed by atoms with Crippen LogP contribution in [-0.4, -0.2) is 132 Å². The average Bonchev–Trinajstić information content (AvgIpc) is 1.10. The van der Waals surface area contributed by atoms with Crippen molar-refractivity contribution in [2.24, 2.45) is 0 Å². The summed E-state index contributed by atoms with van der Waals surface area (Å²) in [5.74, 6) is -0.261. The summed E-state index contributed by atoms with van der Waals surface area (Å²) in [6.07, 6.45) is 2.79. The van der Waals surface area contributed by atoms with Crippen LogP contribution in [0.15, 0.2) is 72.8 Å². The first-order valence-corrected chi connectivity index (χ1v) is 191. The van der Waals surface area contributed by atoms with Gasteiger partial charge in [-0.05, 0) is 102 Å². The van der Waals surface area contributed by atoms with Crippen LogP contribution in [0.4, 0.5) is 5.82 Å². The molecule has 0 amide bonds. The first-order valence-electron chi connectivity index (χ1n) is 25.3. The Hall–Kier alpha value is 16.9. The molecule has 0 aliphatic carbocycles. The van der Waals surface area contributed by atoms with E-state index < -0.39 is 11.9 Å². The fraction of sp³-hybridized carbons (Fsp3) is 0.391. The molecule has 5 aromatic heterocycles. The minimum absolute atomic E-state index is 0. The van der Waals surface area contributed by atoms with Crippen LogP contribution in [0.1, 0.15) is 71.6 Å². The topological polar surface area (TPSA) is 227 Å². The van der Waals surface area contributed by atoms with Gasteiger partial charge in [-0.3, -0.25) is 4.79 Å². The number of hydrogen-bond donors (Lipinski definition) is 3. The van der Waals surface area contributed by atoms with Crippen LogP contribution in [0, 0.1) is 0 Å². The Morgan fingerprint density at radius 3 is 1.33 bits per heavy atom. The third-order valence-electron chi connectivity index (χ3n) is 8.80. The number of aldehydes is 1. The van der Waals surface area contributed by atoms with E-state index in [1.165, 1.54) is 18.6 Å². The molecule has 7 rings (SSSR count). The summed E-state index contributed by atoms with van der Waals surface area (Å²) in [7, 11) is -2.86. The first-order chi connectivity index (χ1) is 46.7. The molecule has 2 aliphatic heterocycles. The molecule has 2 saturated heterocycles. The summed E-state index contributed by atoms with van der Waals surface area (Å²) >= 11 is 77.9. The molecule has 0 atom stereocenters. The van der Waals surface area contributed by atoms with Crippen LogP contribution in [0.3, 0.4) is 0 Å². The van der Waals surface area contributed by atoms with Crippen molar-refractivity contribution >= 4 is 508 Å². The van der Waals surface area contributed by atoms with E-state index in [1.807, 2.05) is 13.8 Å². The number of carbonyl (C=O) groups is 3. The molecule has 0 radical (unpaired) electrons. The Morgan fingerprint density at radius 2 is 0.930 bits per heavy atom. The number of halogens is 36. The Labute approximate surface area is 854 Å². The number of carboxylic acids is 2. The van der Waals surface area contributed by atoms with E-state index in [0.717, 1.165) is 58.2 Å². The summed E-state index contributed by atoms with van der Waals surface area (Å²) in [6.45, 7) is 16.1. The molecule has 54 heteroatoms. The Bertz CT molecular complexity index is 2880. The summed E-state index contributed by atoms with van der Waals surface area (Å²) in [4.78, 5) is 53.8. The predicted octanol–water partition coefficient (Wildman–Crippen LogP) is 28.9. The van der Waals surface area contributed by atoms with Crippen LogP contribution in [0.25, 0.3) is 0 Å². The molecule has 0 saturated carbocycles. The molecule has 0 aromatic carbocycles. The second-order valence-corrected chi connectivity index (χ2v) is 537. The third-order valence-corrected chi connectivity index (χ3v) is 1170. The van der Waals surface area contributed by atoms with Gasteiger partial charge in [-0.1, -0.05) is 70.1 Å². The number of aromatic carboxylic acids is 2. The maximum absolute atomic E-state index is 11.1. The normalized spacial score (nSPS) is 13.2. The number of hydrogen-bond acceptors (Lipinski definition) is 16. The maximum atomic E-state index is 11.1. The molecule has 2 aliphatic rings. The number of nitrogens with zero attached hydrogens (tertiary/aromatic N) is 6. The van der Waals surface area contributed by atoms with Gasteiger partial charge >= 0.3 is 452 Å². The van der Waals surface area contributed by atoms with E-state index in [2.05, 4.69) is 370 Å². The van der Waals surface area contributed by atoms with Gasteiger partial charge in [-0.15, -0.1) is 12.4 Å². The zero-order valence-electron chi connectivity index (χ0n) is 50.3. The fourth-order valence-electron chi connectivity index (χ4n) is 5.35. The summed E-state index contributed by atoms with van der Waals surface area (Å²) < 4.78 is 31.0. The molecule has 3 N–H and O–H groups in total. The number of anilines is 1. The van der Waals surface area contributed by atoms with E-state index in [9.17, 15) is 14.4 Å². The molecule has 0 unspecified atom stereocenters. The molecule has 7 heterocycles. The van der Waals surface area contributed by atoms with Crippen molar-refractivity contribution in [2.45, 2.75) is 40.5 Å². The average molecular weight is 4900 g/mol. The number of carbonyl (C=O) groups excluding carboxylic acids is 1. The number of ether oxygens (including phenoxy) is 6. The van der Waals surface area contributed by atoms with Crippen LogP contribution in [0.5, 0.6) is 23.5 Å². The van der Waals surface area contributed by atoms with Gasteiger partial charge in [0.25, 0.3) is 0 Å². The molecular weight excluding hydrogens is 4850 g/mol. The molecule has 5 aromatic rings. The summed E-state index contributed by atoms with van der Waals surface area (Å²) in [6, 6.07) is 19.5. The van der Waals surface area contributed by atoms with Crippen molar-refractivity contribution in [1.29, 1.82) is 0 Å². The van der Waals surface area contributed by atoms with Gasteiger partial charge in [-0.25, -0.2) is 29.5 Å². The molecule has 596 valence electrons. The van der Waals surface area contributed by atoms with Crippen molar-refractivity contribution in [2.75, 3.05) is 83.9 Å². The molecule has 100 heavy (non-hydrogen) atoms. The van der Waals surface area contributed by atoms with Crippen molar-refractivity contribution in [1.82, 2.24) is 30.2 Å². The summed E-state index contributed by atoms with van der Waals surface area (Å²) in [5, 5.41) is 22.9. The Kier molecular flexibility index (Phi) is 102. The monoisotopic (exact) mass is 4900 g/mol. The quantitative estimate of drug-likeness (QED) is 0.0374. The van der Waals surface area contributed by atoms with Gasteiger partial charge in [0.2, 0.25) is 23.5 Å².